The first kappa shape index (κ1) is 22.2. The molecule has 152 valence electrons. The van der Waals surface area contributed by atoms with Gasteiger partial charge < -0.3 is 9.74 Å². The van der Waals surface area contributed by atoms with Gasteiger partial charge in [0.25, 0.3) is 15.1 Å². The van der Waals surface area contributed by atoms with Crippen LogP contribution in [-0.2, 0) is 19.7 Å². The van der Waals surface area contributed by atoms with Gasteiger partial charge in [0.15, 0.2) is 0 Å². The fourth-order valence-corrected chi connectivity index (χ4v) is 7.03. The van der Waals surface area contributed by atoms with E-state index in [2.05, 4.69) is 4.84 Å². The van der Waals surface area contributed by atoms with E-state index in [1.165, 1.54) is 23.1 Å². The van der Waals surface area contributed by atoms with Crippen LogP contribution in [0.4, 0.5) is 0 Å². The first-order valence-electron chi connectivity index (χ1n) is 7.83. The lowest BCUT2D eigenvalue weighted by Crippen LogP contribution is -2.45. The number of likely N-dealkylation sites (N-methyl/N-ethyl adjacent to an activating group) is 2. The normalized spacial score (nSPS) is 18.7. The van der Waals surface area contributed by atoms with Crippen LogP contribution >= 0.6 is 35.0 Å². The van der Waals surface area contributed by atoms with E-state index in [4.69, 9.17) is 5.14 Å². The van der Waals surface area contributed by atoms with E-state index in [1.54, 1.807) is 11.0 Å². The van der Waals surface area contributed by atoms with Crippen LogP contribution in [0.2, 0.25) is 0 Å². The van der Waals surface area contributed by atoms with Crippen LogP contribution < -0.4 is 5.14 Å². The molecule has 1 unspecified atom stereocenters. The van der Waals surface area contributed by atoms with Gasteiger partial charge in [-0.2, -0.15) is 16.1 Å². The number of fused-ring (bicyclic) bond motifs is 1. The second-order valence-electron chi connectivity index (χ2n) is 5.52. The maximum atomic E-state index is 12.7. The van der Waals surface area contributed by atoms with Gasteiger partial charge in [-0.25, -0.2) is 8.42 Å². The highest BCUT2D eigenvalue weighted by molar-refractivity contribution is 8.00. The van der Waals surface area contributed by atoms with Crippen molar-refractivity contribution in [3.8, 4) is 0 Å². The highest BCUT2D eigenvalue weighted by atomic mass is 32.3. The molecule has 0 fully saturated rings. The van der Waals surface area contributed by atoms with Gasteiger partial charge >= 0.3 is 0 Å². The summed E-state index contributed by atoms with van der Waals surface area (Å²) in [7, 11) is -2.10. The summed E-state index contributed by atoms with van der Waals surface area (Å²) < 4.78 is 27.3. The van der Waals surface area contributed by atoms with Crippen molar-refractivity contribution in [1.29, 1.82) is 0 Å². The Bertz CT molecular complexity index is 799. The zero-order chi connectivity index (χ0) is 20.2. The monoisotopic (exact) mass is 456 g/mol. The van der Waals surface area contributed by atoms with Crippen molar-refractivity contribution in [1.82, 2.24) is 9.21 Å². The summed E-state index contributed by atoms with van der Waals surface area (Å²) in [5.41, 5.74) is 0.586. The molecular formula is C13H20N4O6S4. The van der Waals surface area contributed by atoms with Gasteiger partial charge in [-0.15, -0.1) is 21.5 Å². The molecule has 1 atom stereocenters. The molecule has 0 saturated heterocycles. The number of hydrogen-bond donors (Lipinski definition) is 1. The van der Waals surface area contributed by atoms with Crippen molar-refractivity contribution in [2.75, 3.05) is 38.2 Å². The number of thiophene rings is 1. The topological polar surface area (TPSA) is 136 Å². The average Bonchev–Trinajstić information content (AvgIpc) is 3.05. The molecule has 2 N–H and O–H groups in total. The number of hydrogen-bond acceptors (Lipinski definition) is 10. The Labute approximate surface area is 169 Å². The van der Waals surface area contributed by atoms with Gasteiger partial charge in [0.05, 0.1) is 16.0 Å². The second-order valence-corrected chi connectivity index (χ2v) is 10.8. The number of carbonyl (C=O) groups excluding carboxylic acids is 1. The molecule has 1 aromatic heterocycles. The zero-order valence-electron chi connectivity index (χ0n) is 14.7. The van der Waals surface area contributed by atoms with Crippen molar-refractivity contribution >= 4 is 51.0 Å². The van der Waals surface area contributed by atoms with Crippen LogP contribution in [0.3, 0.4) is 0 Å². The van der Waals surface area contributed by atoms with Crippen LogP contribution in [0.25, 0.3) is 0 Å². The van der Waals surface area contributed by atoms with E-state index < -0.39 is 21.2 Å². The van der Waals surface area contributed by atoms with Crippen LogP contribution in [0, 0.1) is 10.1 Å². The van der Waals surface area contributed by atoms with Crippen LogP contribution in [0.15, 0.2) is 14.5 Å². The van der Waals surface area contributed by atoms with Gasteiger partial charge in [-0.05, 0) is 24.9 Å². The molecule has 0 aromatic carbocycles. The Morgan fingerprint density at radius 1 is 1.59 bits per heavy atom. The van der Waals surface area contributed by atoms with E-state index in [9.17, 15) is 23.3 Å². The lowest BCUT2D eigenvalue weighted by molar-refractivity contribution is -0.756. The van der Waals surface area contributed by atoms with Crippen LogP contribution in [-0.4, -0.2) is 66.9 Å². The van der Waals surface area contributed by atoms with Crippen molar-refractivity contribution in [3.63, 3.8) is 0 Å². The molecule has 10 nitrogen and oxygen atoms in total. The quantitative estimate of drug-likeness (QED) is 0.251. The van der Waals surface area contributed by atoms with Crippen LogP contribution in [0.5, 0.6) is 0 Å². The van der Waals surface area contributed by atoms with Gasteiger partial charge in [0.2, 0.25) is 5.91 Å². The van der Waals surface area contributed by atoms with Gasteiger partial charge in [0, 0.05) is 31.5 Å². The molecule has 27 heavy (non-hydrogen) atoms. The van der Waals surface area contributed by atoms with Crippen molar-refractivity contribution < 1.29 is 23.1 Å². The third kappa shape index (κ3) is 5.06. The summed E-state index contributed by atoms with van der Waals surface area (Å²) in [6, 6.07) is 1.33. The second kappa shape index (κ2) is 9.43. The van der Waals surface area contributed by atoms with E-state index in [1.807, 2.05) is 6.92 Å². The van der Waals surface area contributed by atoms with E-state index >= 15 is 0 Å². The maximum absolute atomic E-state index is 12.7. The molecule has 0 aliphatic carbocycles. The Balaban J connectivity index is 2.15. The van der Waals surface area contributed by atoms with E-state index in [-0.39, 0.29) is 29.0 Å². The number of rotatable bonds is 9. The summed E-state index contributed by atoms with van der Waals surface area (Å²) in [6.45, 7) is 2.30. The summed E-state index contributed by atoms with van der Waals surface area (Å²) in [6.07, 6.45) is 0. The number of sulfonamides is 1. The number of nitrogens with zero attached hydrogens (tertiary/aromatic N) is 3. The lowest BCUT2D eigenvalue weighted by Gasteiger charge is -2.37. The third-order valence-corrected chi connectivity index (χ3v) is 9.03. The van der Waals surface area contributed by atoms with Crippen molar-refractivity contribution in [2.45, 2.75) is 21.4 Å². The number of carbonyl (C=O) groups is 1. The molecule has 0 spiro atoms. The smallest absolute Gasteiger partial charge is 0.294 e. The fraction of sp³-hybridized carbons (Fsp3) is 0.615. The molecule has 0 radical (unpaired) electrons. The van der Waals surface area contributed by atoms with E-state index in [0.29, 0.717) is 22.1 Å². The third-order valence-electron chi connectivity index (χ3n) is 3.94. The summed E-state index contributed by atoms with van der Waals surface area (Å²) in [5, 5.41) is 14.8. The Morgan fingerprint density at radius 2 is 2.30 bits per heavy atom. The fourth-order valence-electron chi connectivity index (χ4n) is 2.69. The molecule has 1 aromatic rings. The molecule has 1 aliphatic rings. The summed E-state index contributed by atoms with van der Waals surface area (Å²) in [5.74, 6) is 0.265. The van der Waals surface area contributed by atoms with Crippen molar-refractivity contribution in [2.24, 2.45) is 5.14 Å². The summed E-state index contributed by atoms with van der Waals surface area (Å²) >= 11 is 3.30. The Kier molecular flexibility index (Phi) is 7.76. The molecule has 2 heterocycles. The average molecular weight is 457 g/mol. The van der Waals surface area contributed by atoms with E-state index in [0.717, 1.165) is 23.3 Å². The standard InChI is InChI=1S/C13H20N4O6S4/c1-3-16(11(18)8-24-5-4-23-17(19)20)10-7-15(2)27(21,22)13-9(10)6-12(25-13)26-14/h6,10H,3-5,7-8,14H2,1-2H3. The van der Waals surface area contributed by atoms with Crippen LogP contribution in [0.1, 0.15) is 18.5 Å². The molecule has 0 saturated carbocycles. The SMILES string of the molecule is CCN(C(=O)CSCCO[N+](=O)[O-])C1CN(C)S(=O)(=O)c2sc(SN)cc21. The predicted molar refractivity (Wildman–Crippen MR) is 105 cm³/mol. The summed E-state index contributed by atoms with van der Waals surface area (Å²) in [4.78, 5) is 28.6. The molecule has 14 heteroatoms. The minimum atomic E-state index is -3.58. The molecule has 1 aliphatic heterocycles. The molecule has 2 rings (SSSR count). The first-order valence-corrected chi connectivity index (χ1v) is 12.1. The number of thioether (sulfide) groups is 1. The Hall–Kier alpha value is -1.06. The highest BCUT2D eigenvalue weighted by Crippen LogP contribution is 2.42. The molecule has 1 amide bonds. The number of nitrogens with two attached hydrogens (primary N) is 1. The lowest BCUT2D eigenvalue weighted by atomic mass is 10.1. The highest BCUT2D eigenvalue weighted by Gasteiger charge is 2.40. The predicted octanol–water partition coefficient (Wildman–Crippen LogP) is 1.18. The molecule has 0 bridgehead atoms. The van der Waals surface area contributed by atoms with Gasteiger partial charge in [-0.1, -0.05) is 0 Å². The number of amides is 1. The minimum Gasteiger partial charge on any atom is -0.334 e. The minimum absolute atomic E-state index is 0.0900. The Morgan fingerprint density at radius 3 is 2.89 bits per heavy atom. The van der Waals surface area contributed by atoms with Gasteiger partial charge in [0.1, 0.15) is 10.8 Å². The molecular weight excluding hydrogens is 436 g/mol. The van der Waals surface area contributed by atoms with Gasteiger partial charge in [-0.3, -0.25) is 9.93 Å². The zero-order valence-corrected chi connectivity index (χ0v) is 18.0. The maximum Gasteiger partial charge on any atom is 0.294 e. The largest absolute Gasteiger partial charge is 0.334 e. The first-order chi connectivity index (χ1) is 12.7. The van der Waals surface area contributed by atoms with Crippen molar-refractivity contribution in [3.05, 3.63) is 21.7 Å².